The van der Waals surface area contributed by atoms with Crippen LogP contribution in [0.25, 0.3) is 0 Å². The molecule has 1 N–H and O–H groups in total. The first kappa shape index (κ1) is 10.5. The molecule has 0 bridgehead atoms. The number of benzene rings is 1. The third-order valence-electron chi connectivity index (χ3n) is 2.92. The van der Waals surface area contributed by atoms with Crippen molar-refractivity contribution in [3.8, 4) is 0 Å². The Morgan fingerprint density at radius 1 is 1.47 bits per heavy atom. The minimum Gasteiger partial charge on any atom is -0.326 e. The summed E-state index contributed by atoms with van der Waals surface area (Å²) >= 11 is 5.97. The highest BCUT2D eigenvalue weighted by molar-refractivity contribution is 6.31. The van der Waals surface area contributed by atoms with Gasteiger partial charge in [0.25, 0.3) is 0 Å². The van der Waals surface area contributed by atoms with Crippen molar-refractivity contribution in [2.45, 2.75) is 26.2 Å². The molecule has 3 heteroatoms. The van der Waals surface area contributed by atoms with E-state index in [0.717, 1.165) is 24.1 Å². The zero-order chi connectivity index (χ0) is 10.8. The van der Waals surface area contributed by atoms with Gasteiger partial charge >= 0.3 is 0 Å². The van der Waals surface area contributed by atoms with Crippen LogP contribution in [-0.2, 0) is 4.79 Å². The molecule has 80 valence electrons. The first-order chi connectivity index (χ1) is 7.16. The average molecular weight is 224 g/mol. The lowest BCUT2D eigenvalue weighted by Crippen LogP contribution is -2.27. The molecule has 0 unspecified atom stereocenters. The highest BCUT2D eigenvalue weighted by atomic mass is 35.5. The summed E-state index contributed by atoms with van der Waals surface area (Å²) in [5.41, 5.74) is 1.82. The number of anilines is 1. The van der Waals surface area contributed by atoms with Crippen LogP contribution < -0.4 is 5.32 Å². The standard InChI is InChI=1S/C12H14ClNO/c1-8-5-6-10(7-11(8)13)14-12(15)9-3-2-4-9/h5-7,9H,2-4H2,1H3,(H,14,15). The fourth-order valence-electron chi connectivity index (χ4n) is 1.59. The molecular weight excluding hydrogens is 210 g/mol. The van der Waals surface area contributed by atoms with Gasteiger partial charge in [-0.1, -0.05) is 24.1 Å². The number of rotatable bonds is 2. The van der Waals surface area contributed by atoms with Crippen molar-refractivity contribution in [2.24, 2.45) is 5.92 Å². The molecule has 1 aliphatic rings. The Morgan fingerprint density at radius 2 is 2.20 bits per heavy atom. The maximum Gasteiger partial charge on any atom is 0.227 e. The number of hydrogen-bond acceptors (Lipinski definition) is 1. The van der Waals surface area contributed by atoms with Crippen LogP contribution >= 0.6 is 11.6 Å². The summed E-state index contributed by atoms with van der Waals surface area (Å²) in [5.74, 6) is 0.339. The summed E-state index contributed by atoms with van der Waals surface area (Å²) in [6.45, 7) is 1.94. The van der Waals surface area contributed by atoms with E-state index < -0.39 is 0 Å². The molecule has 0 aliphatic heterocycles. The summed E-state index contributed by atoms with van der Waals surface area (Å²) in [6, 6.07) is 5.60. The summed E-state index contributed by atoms with van der Waals surface area (Å²) in [6.07, 6.45) is 3.21. The largest absolute Gasteiger partial charge is 0.326 e. The van der Waals surface area contributed by atoms with Crippen LogP contribution in [0.4, 0.5) is 5.69 Å². The van der Waals surface area contributed by atoms with E-state index in [4.69, 9.17) is 11.6 Å². The summed E-state index contributed by atoms with van der Waals surface area (Å²) in [4.78, 5) is 11.6. The molecule has 1 aliphatic carbocycles. The van der Waals surface area contributed by atoms with Crippen LogP contribution in [0.3, 0.4) is 0 Å². The Kier molecular flexibility index (Phi) is 2.96. The molecule has 2 nitrogen and oxygen atoms in total. The molecule has 1 saturated carbocycles. The first-order valence-electron chi connectivity index (χ1n) is 5.24. The Balaban J connectivity index is 2.03. The van der Waals surface area contributed by atoms with E-state index in [1.54, 1.807) is 6.07 Å². The van der Waals surface area contributed by atoms with Crippen molar-refractivity contribution in [3.63, 3.8) is 0 Å². The average Bonchev–Trinajstić information content (AvgIpc) is 2.08. The highest BCUT2D eigenvalue weighted by Gasteiger charge is 2.25. The predicted molar refractivity (Wildman–Crippen MR) is 62.2 cm³/mol. The normalized spacial score (nSPS) is 15.9. The minimum atomic E-state index is 0.126. The monoisotopic (exact) mass is 223 g/mol. The van der Waals surface area contributed by atoms with E-state index in [1.807, 2.05) is 19.1 Å². The smallest absolute Gasteiger partial charge is 0.227 e. The van der Waals surface area contributed by atoms with Gasteiger partial charge in [-0.25, -0.2) is 0 Å². The molecule has 0 saturated heterocycles. The van der Waals surface area contributed by atoms with Gasteiger partial charge < -0.3 is 5.32 Å². The number of aryl methyl sites for hydroxylation is 1. The van der Waals surface area contributed by atoms with Crippen LogP contribution in [0.1, 0.15) is 24.8 Å². The third-order valence-corrected chi connectivity index (χ3v) is 3.32. The van der Waals surface area contributed by atoms with Gasteiger partial charge in [-0.2, -0.15) is 0 Å². The van der Waals surface area contributed by atoms with Crippen molar-refractivity contribution >= 4 is 23.2 Å². The number of halogens is 1. The Hall–Kier alpha value is -1.02. The molecule has 1 amide bonds. The minimum absolute atomic E-state index is 0.126. The van der Waals surface area contributed by atoms with Gasteiger partial charge in [0.05, 0.1) is 0 Å². The van der Waals surface area contributed by atoms with E-state index in [1.165, 1.54) is 6.42 Å². The van der Waals surface area contributed by atoms with Gasteiger partial charge in [0.2, 0.25) is 5.91 Å². The van der Waals surface area contributed by atoms with E-state index in [-0.39, 0.29) is 11.8 Å². The molecule has 2 rings (SSSR count). The van der Waals surface area contributed by atoms with Gasteiger partial charge in [0.1, 0.15) is 0 Å². The molecule has 1 aromatic carbocycles. The van der Waals surface area contributed by atoms with E-state index in [0.29, 0.717) is 5.02 Å². The lowest BCUT2D eigenvalue weighted by Gasteiger charge is -2.24. The van der Waals surface area contributed by atoms with Gasteiger partial charge in [0.15, 0.2) is 0 Å². The maximum absolute atomic E-state index is 11.6. The topological polar surface area (TPSA) is 29.1 Å². The number of nitrogens with one attached hydrogen (secondary N) is 1. The van der Waals surface area contributed by atoms with Crippen molar-refractivity contribution < 1.29 is 4.79 Å². The molecular formula is C12H14ClNO. The molecule has 0 heterocycles. The molecule has 0 aromatic heterocycles. The van der Waals surface area contributed by atoms with Crippen molar-refractivity contribution in [1.29, 1.82) is 0 Å². The fraction of sp³-hybridized carbons (Fsp3) is 0.417. The molecule has 0 atom stereocenters. The maximum atomic E-state index is 11.6. The molecule has 0 spiro atoms. The first-order valence-corrected chi connectivity index (χ1v) is 5.61. The van der Waals surface area contributed by atoms with E-state index >= 15 is 0 Å². The van der Waals surface area contributed by atoms with Crippen molar-refractivity contribution in [2.75, 3.05) is 5.32 Å². The second-order valence-electron chi connectivity index (χ2n) is 4.08. The Labute approximate surface area is 94.6 Å². The summed E-state index contributed by atoms with van der Waals surface area (Å²) in [7, 11) is 0. The SMILES string of the molecule is Cc1ccc(NC(=O)C2CCC2)cc1Cl. The predicted octanol–water partition coefficient (Wildman–Crippen LogP) is 3.39. The quantitative estimate of drug-likeness (QED) is 0.818. The van der Waals surface area contributed by atoms with Crippen molar-refractivity contribution in [3.05, 3.63) is 28.8 Å². The Morgan fingerprint density at radius 3 is 2.73 bits per heavy atom. The lowest BCUT2D eigenvalue weighted by molar-refractivity contribution is -0.122. The summed E-state index contributed by atoms with van der Waals surface area (Å²) in [5, 5.41) is 3.58. The highest BCUT2D eigenvalue weighted by Crippen LogP contribution is 2.28. The van der Waals surface area contributed by atoms with Crippen LogP contribution in [0.2, 0.25) is 5.02 Å². The zero-order valence-corrected chi connectivity index (χ0v) is 9.47. The second kappa shape index (κ2) is 4.23. The second-order valence-corrected chi connectivity index (χ2v) is 4.49. The van der Waals surface area contributed by atoms with Crippen LogP contribution in [0, 0.1) is 12.8 Å². The van der Waals surface area contributed by atoms with Crippen LogP contribution in [0.15, 0.2) is 18.2 Å². The van der Waals surface area contributed by atoms with Crippen LogP contribution in [-0.4, -0.2) is 5.91 Å². The molecule has 1 fully saturated rings. The van der Waals surface area contributed by atoms with Gasteiger partial charge in [-0.05, 0) is 37.5 Å². The summed E-state index contributed by atoms with van der Waals surface area (Å²) < 4.78 is 0. The number of carbonyl (C=O) groups is 1. The molecule has 1 aromatic rings. The zero-order valence-electron chi connectivity index (χ0n) is 8.72. The lowest BCUT2D eigenvalue weighted by atomic mass is 9.85. The van der Waals surface area contributed by atoms with Crippen LogP contribution in [0.5, 0.6) is 0 Å². The molecule has 15 heavy (non-hydrogen) atoms. The number of hydrogen-bond donors (Lipinski definition) is 1. The van der Waals surface area contributed by atoms with E-state index in [9.17, 15) is 4.79 Å². The van der Waals surface area contributed by atoms with E-state index in [2.05, 4.69) is 5.32 Å². The number of carbonyl (C=O) groups excluding carboxylic acids is 1. The Bertz CT molecular complexity index is 385. The fourth-order valence-corrected chi connectivity index (χ4v) is 1.77. The van der Waals surface area contributed by atoms with Gasteiger partial charge in [-0.15, -0.1) is 0 Å². The number of amides is 1. The van der Waals surface area contributed by atoms with Crippen molar-refractivity contribution in [1.82, 2.24) is 0 Å². The van der Waals surface area contributed by atoms with Gasteiger partial charge in [0, 0.05) is 16.6 Å². The van der Waals surface area contributed by atoms with Gasteiger partial charge in [-0.3, -0.25) is 4.79 Å². The molecule has 0 radical (unpaired) electrons. The third kappa shape index (κ3) is 2.32.